The summed E-state index contributed by atoms with van der Waals surface area (Å²) in [6, 6.07) is 2.61. The van der Waals surface area contributed by atoms with Crippen LogP contribution in [-0.4, -0.2) is 24.6 Å². The number of nitrogens with one attached hydrogen (secondary N) is 1. The van der Waals surface area contributed by atoms with E-state index in [4.69, 9.17) is 0 Å². The molecule has 0 amide bonds. The van der Waals surface area contributed by atoms with Gasteiger partial charge in [0, 0.05) is 25.3 Å². The molecule has 16 heavy (non-hydrogen) atoms. The van der Waals surface area contributed by atoms with E-state index >= 15 is 0 Å². The van der Waals surface area contributed by atoms with Crippen LogP contribution in [0.25, 0.3) is 0 Å². The predicted molar refractivity (Wildman–Crippen MR) is 69.8 cm³/mol. The van der Waals surface area contributed by atoms with Crippen LogP contribution in [-0.2, 0) is 6.54 Å². The molecule has 1 heterocycles. The largest absolute Gasteiger partial charge is 0.368 e. The molecule has 0 fully saturated rings. The Bertz CT molecular complexity index is 310. The lowest BCUT2D eigenvalue weighted by molar-refractivity contribution is 0.662. The number of hydrogen-bond donors (Lipinski definition) is 1. The first-order chi connectivity index (χ1) is 7.70. The van der Waals surface area contributed by atoms with Crippen LogP contribution in [0.5, 0.6) is 0 Å². The maximum Gasteiger partial charge on any atom is 0.0600 e. The Labute approximate surface area is 98.9 Å². The molecule has 0 aliphatic rings. The van der Waals surface area contributed by atoms with E-state index in [0.29, 0.717) is 6.04 Å². The average Bonchev–Trinajstić information content (AvgIpc) is 2.27. The van der Waals surface area contributed by atoms with Crippen molar-refractivity contribution < 1.29 is 0 Å². The standard InChI is InChI=1S/C13H23N3/c1-5-8-16(11(2)3)13-10-15-7-6-12(13)9-14-4/h6-7,10-11,14H,5,8-9H2,1-4H3. The number of hydrogen-bond acceptors (Lipinski definition) is 3. The minimum absolute atomic E-state index is 0.514. The lowest BCUT2D eigenvalue weighted by atomic mass is 10.1. The highest BCUT2D eigenvalue weighted by atomic mass is 15.2. The number of anilines is 1. The van der Waals surface area contributed by atoms with Gasteiger partial charge in [0.05, 0.1) is 11.9 Å². The Kier molecular flexibility index (Phi) is 5.26. The molecule has 1 N–H and O–H groups in total. The topological polar surface area (TPSA) is 28.2 Å². The van der Waals surface area contributed by atoms with Crippen LogP contribution in [0, 0.1) is 0 Å². The summed E-state index contributed by atoms with van der Waals surface area (Å²) in [6.07, 6.45) is 5.00. The molecule has 0 spiro atoms. The van der Waals surface area contributed by atoms with Gasteiger partial charge in [-0.3, -0.25) is 4.98 Å². The van der Waals surface area contributed by atoms with E-state index in [-0.39, 0.29) is 0 Å². The van der Waals surface area contributed by atoms with Crippen LogP contribution in [0.4, 0.5) is 5.69 Å². The van der Waals surface area contributed by atoms with Crippen molar-refractivity contribution in [1.82, 2.24) is 10.3 Å². The van der Waals surface area contributed by atoms with E-state index < -0.39 is 0 Å². The van der Waals surface area contributed by atoms with Crippen LogP contribution in [0.1, 0.15) is 32.8 Å². The highest BCUT2D eigenvalue weighted by Crippen LogP contribution is 2.21. The molecule has 0 radical (unpaired) electrons. The second-order valence-corrected chi connectivity index (χ2v) is 4.32. The van der Waals surface area contributed by atoms with E-state index in [1.807, 2.05) is 19.4 Å². The van der Waals surface area contributed by atoms with Gasteiger partial charge >= 0.3 is 0 Å². The van der Waals surface area contributed by atoms with Crippen molar-refractivity contribution in [2.24, 2.45) is 0 Å². The van der Waals surface area contributed by atoms with Crippen LogP contribution < -0.4 is 10.2 Å². The van der Waals surface area contributed by atoms with Crippen molar-refractivity contribution in [3.8, 4) is 0 Å². The van der Waals surface area contributed by atoms with Gasteiger partial charge in [0.15, 0.2) is 0 Å². The average molecular weight is 221 g/mol. The van der Waals surface area contributed by atoms with Gasteiger partial charge in [-0.15, -0.1) is 0 Å². The molecule has 0 aliphatic heterocycles. The summed E-state index contributed by atoms with van der Waals surface area (Å²) in [7, 11) is 1.98. The minimum atomic E-state index is 0.514. The molecule has 0 unspecified atom stereocenters. The zero-order valence-corrected chi connectivity index (χ0v) is 10.8. The van der Waals surface area contributed by atoms with E-state index in [0.717, 1.165) is 19.5 Å². The van der Waals surface area contributed by atoms with Gasteiger partial charge in [-0.05, 0) is 38.9 Å². The first-order valence-corrected chi connectivity index (χ1v) is 6.04. The zero-order chi connectivity index (χ0) is 12.0. The summed E-state index contributed by atoms with van der Waals surface area (Å²) in [4.78, 5) is 6.66. The van der Waals surface area contributed by atoms with Crippen molar-refractivity contribution in [3.63, 3.8) is 0 Å². The van der Waals surface area contributed by atoms with E-state index in [1.54, 1.807) is 0 Å². The van der Waals surface area contributed by atoms with Crippen LogP contribution in [0.15, 0.2) is 18.5 Å². The number of rotatable bonds is 6. The van der Waals surface area contributed by atoms with Crippen molar-refractivity contribution in [1.29, 1.82) is 0 Å². The molecule has 3 nitrogen and oxygen atoms in total. The van der Waals surface area contributed by atoms with E-state index in [2.05, 4.69) is 42.0 Å². The molecule has 1 aromatic rings. The summed E-state index contributed by atoms with van der Waals surface area (Å²) in [5.74, 6) is 0. The van der Waals surface area contributed by atoms with Gasteiger partial charge < -0.3 is 10.2 Å². The Hall–Kier alpha value is -1.09. The fraction of sp³-hybridized carbons (Fsp3) is 0.615. The molecule has 0 aliphatic carbocycles. The molecule has 0 bridgehead atoms. The first-order valence-electron chi connectivity index (χ1n) is 6.04. The molecule has 1 aromatic heterocycles. The van der Waals surface area contributed by atoms with Crippen molar-refractivity contribution >= 4 is 5.69 Å². The van der Waals surface area contributed by atoms with Crippen LogP contribution in [0.3, 0.4) is 0 Å². The van der Waals surface area contributed by atoms with Gasteiger partial charge in [-0.2, -0.15) is 0 Å². The minimum Gasteiger partial charge on any atom is -0.368 e. The third-order valence-corrected chi connectivity index (χ3v) is 2.65. The normalized spacial score (nSPS) is 10.8. The van der Waals surface area contributed by atoms with Gasteiger partial charge in [-0.1, -0.05) is 6.92 Å². The summed E-state index contributed by atoms with van der Waals surface area (Å²) >= 11 is 0. The SMILES string of the molecule is CCCN(c1cnccc1CNC)C(C)C. The van der Waals surface area contributed by atoms with Crippen molar-refractivity contribution in [2.75, 3.05) is 18.5 Å². The molecular formula is C13H23N3. The van der Waals surface area contributed by atoms with Gasteiger partial charge in [0.1, 0.15) is 0 Å². The molecule has 3 heteroatoms. The highest BCUT2D eigenvalue weighted by Gasteiger charge is 2.13. The van der Waals surface area contributed by atoms with Gasteiger partial charge in [0.25, 0.3) is 0 Å². The van der Waals surface area contributed by atoms with E-state index in [9.17, 15) is 0 Å². The van der Waals surface area contributed by atoms with Crippen molar-refractivity contribution in [3.05, 3.63) is 24.0 Å². The summed E-state index contributed by atoms with van der Waals surface area (Å²) in [5, 5.41) is 3.21. The molecule has 0 saturated heterocycles. The molecule has 0 aromatic carbocycles. The van der Waals surface area contributed by atoms with Crippen LogP contribution >= 0.6 is 0 Å². The van der Waals surface area contributed by atoms with Crippen LogP contribution in [0.2, 0.25) is 0 Å². The molecule has 1 rings (SSSR count). The maximum atomic E-state index is 4.24. The molecule has 90 valence electrons. The Morgan fingerprint density at radius 2 is 2.19 bits per heavy atom. The fourth-order valence-corrected chi connectivity index (χ4v) is 1.91. The molecule has 0 saturated carbocycles. The van der Waals surface area contributed by atoms with Gasteiger partial charge in [0.2, 0.25) is 0 Å². The fourth-order valence-electron chi connectivity index (χ4n) is 1.91. The lowest BCUT2D eigenvalue weighted by Crippen LogP contribution is -2.32. The summed E-state index contributed by atoms with van der Waals surface area (Å²) in [6.45, 7) is 8.64. The third kappa shape index (κ3) is 3.20. The number of nitrogens with zero attached hydrogens (tertiary/aromatic N) is 2. The van der Waals surface area contributed by atoms with E-state index in [1.165, 1.54) is 11.3 Å². The highest BCUT2D eigenvalue weighted by molar-refractivity contribution is 5.52. The summed E-state index contributed by atoms with van der Waals surface area (Å²) < 4.78 is 0. The monoisotopic (exact) mass is 221 g/mol. The third-order valence-electron chi connectivity index (χ3n) is 2.65. The Morgan fingerprint density at radius 1 is 1.44 bits per heavy atom. The van der Waals surface area contributed by atoms with Crippen molar-refractivity contribution in [2.45, 2.75) is 39.8 Å². The molecular weight excluding hydrogens is 198 g/mol. The molecule has 0 atom stereocenters. The smallest absolute Gasteiger partial charge is 0.0600 e. The predicted octanol–water partition coefficient (Wildman–Crippen LogP) is 2.43. The number of aromatic nitrogens is 1. The van der Waals surface area contributed by atoms with Gasteiger partial charge in [-0.25, -0.2) is 0 Å². The summed E-state index contributed by atoms with van der Waals surface area (Å²) in [5.41, 5.74) is 2.58. The quantitative estimate of drug-likeness (QED) is 0.799. The zero-order valence-electron chi connectivity index (χ0n) is 10.8. The lowest BCUT2D eigenvalue weighted by Gasteiger charge is -2.30. The first kappa shape index (κ1) is 13.0. The maximum absolute atomic E-state index is 4.24. The Morgan fingerprint density at radius 3 is 2.75 bits per heavy atom. The number of pyridine rings is 1. The Balaban J connectivity index is 2.97. The second kappa shape index (κ2) is 6.48. The second-order valence-electron chi connectivity index (χ2n) is 4.32.